The van der Waals surface area contributed by atoms with Crippen molar-refractivity contribution in [3.63, 3.8) is 0 Å². The van der Waals surface area contributed by atoms with E-state index in [1.165, 1.54) is 5.56 Å². The van der Waals surface area contributed by atoms with Crippen LogP contribution in [0.25, 0.3) is 0 Å². The number of allylic oxidation sites excluding steroid dienone is 1. The van der Waals surface area contributed by atoms with Crippen molar-refractivity contribution in [3.05, 3.63) is 42.5 Å². The van der Waals surface area contributed by atoms with Gasteiger partial charge in [0.15, 0.2) is 0 Å². The van der Waals surface area contributed by atoms with E-state index >= 15 is 0 Å². The third-order valence-electron chi connectivity index (χ3n) is 1.78. The summed E-state index contributed by atoms with van der Waals surface area (Å²) in [6.07, 6.45) is 2.96. The van der Waals surface area contributed by atoms with Gasteiger partial charge in [0.2, 0.25) is 0 Å². The van der Waals surface area contributed by atoms with Crippen molar-refractivity contribution in [1.29, 1.82) is 0 Å². The summed E-state index contributed by atoms with van der Waals surface area (Å²) < 4.78 is 0. The highest BCUT2D eigenvalue weighted by molar-refractivity contribution is 6.51. The summed E-state index contributed by atoms with van der Waals surface area (Å²) in [6, 6.07) is 8.83. The van der Waals surface area contributed by atoms with Crippen molar-refractivity contribution in [3.8, 4) is 0 Å². The Balaban J connectivity index is 2.82. The van der Waals surface area contributed by atoms with Crippen molar-refractivity contribution in [1.82, 2.24) is 0 Å². The monoisotopic (exact) mass is 162 g/mol. The molecule has 0 spiro atoms. The second-order valence-electron chi connectivity index (χ2n) is 2.67. The second-order valence-corrected chi connectivity index (χ2v) is 4.19. The minimum atomic E-state index is 0.0186. The normalized spacial score (nSPS) is 10.6. The Bertz CT molecular complexity index is 240. The molecule has 0 fully saturated rings. The fourth-order valence-corrected chi connectivity index (χ4v) is 1.98. The SMILES string of the molecule is C=CCc1cccc([SiH2]C)c1. The first-order valence-corrected chi connectivity index (χ1v) is 6.17. The third kappa shape index (κ3) is 2.35. The summed E-state index contributed by atoms with van der Waals surface area (Å²) in [5.74, 6) is 0. The lowest BCUT2D eigenvalue weighted by Crippen LogP contribution is -2.10. The molecular formula is C10H14Si. The van der Waals surface area contributed by atoms with Gasteiger partial charge < -0.3 is 0 Å². The largest absolute Gasteiger partial charge is 0.103 e. The lowest BCUT2D eigenvalue weighted by Gasteiger charge is -1.98. The van der Waals surface area contributed by atoms with Crippen LogP contribution in [0.1, 0.15) is 5.56 Å². The Morgan fingerprint density at radius 3 is 3.00 bits per heavy atom. The standard InChI is InChI=1S/C10H14Si/c1-3-5-9-6-4-7-10(8-9)11-2/h3-4,6-8H,1,5,11H2,2H3. The number of hydrogen-bond donors (Lipinski definition) is 0. The quantitative estimate of drug-likeness (QED) is 0.463. The molecule has 0 amide bonds. The molecule has 0 aromatic heterocycles. The van der Waals surface area contributed by atoms with Crippen molar-refractivity contribution < 1.29 is 0 Å². The van der Waals surface area contributed by atoms with Crippen LogP contribution in [0.4, 0.5) is 0 Å². The highest BCUT2D eigenvalue weighted by Crippen LogP contribution is 1.97. The summed E-state index contributed by atoms with van der Waals surface area (Å²) in [6.45, 7) is 6.04. The highest BCUT2D eigenvalue weighted by atomic mass is 28.2. The minimum absolute atomic E-state index is 0.0186. The fourth-order valence-electron chi connectivity index (χ4n) is 1.14. The first kappa shape index (κ1) is 8.28. The molecule has 0 saturated heterocycles. The van der Waals surface area contributed by atoms with E-state index in [1.54, 1.807) is 5.19 Å². The molecule has 0 aliphatic carbocycles. The Morgan fingerprint density at radius 2 is 2.36 bits per heavy atom. The maximum absolute atomic E-state index is 3.72. The zero-order valence-electron chi connectivity index (χ0n) is 7.01. The summed E-state index contributed by atoms with van der Waals surface area (Å²) in [4.78, 5) is 0. The molecule has 0 atom stereocenters. The molecule has 1 rings (SSSR count). The zero-order valence-corrected chi connectivity index (χ0v) is 8.42. The molecule has 1 aromatic carbocycles. The van der Waals surface area contributed by atoms with Crippen molar-refractivity contribution in [2.24, 2.45) is 0 Å². The maximum Gasteiger partial charge on any atom is 0.0517 e. The molecule has 0 radical (unpaired) electrons. The van der Waals surface area contributed by atoms with Crippen LogP contribution in [0, 0.1) is 0 Å². The Labute approximate surface area is 70.8 Å². The molecule has 1 heteroatoms. The second kappa shape index (κ2) is 4.14. The van der Waals surface area contributed by atoms with Gasteiger partial charge in [-0.05, 0) is 12.0 Å². The van der Waals surface area contributed by atoms with E-state index in [1.807, 2.05) is 6.08 Å². The van der Waals surface area contributed by atoms with E-state index in [-0.39, 0.29) is 9.52 Å². The highest BCUT2D eigenvalue weighted by Gasteiger charge is 1.90. The van der Waals surface area contributed by atoms with Gasteiger partial charge in [-0.2, -0.15) is 0 Å². The van der Waals surface area contributed by atoms with E-state index < -0.39 is 0 Å². The predicted octanol–water partition coefficient (Wildman–Crippen LogP) is 1.26. The van der Waals surface area contributed by atoms with E-state index in [4.69, 9.17) is 0 Å². The molecule has 0 unspecified atom stereocenters. The van der Waals surface area contributed by atoms with Gasteiger partial charge in [0.05, 0.1) is 9.52 Å². The van der Waals surface area contributed by atoms with E-state index in [0.717, 1.165) is 6.42 Å². The zero-order chi connectivity index (χ0) is 8.10. The minimum Gasteiger partial charge on any atom is -0.103 e. The van der Waals surface area contributed by atoms with Crippen LogP contribution in [-0.2, 0) is 6.42 Å². The van der Waals surface area contributed by atoms with Crippen LogP contribution in [0.2, 0.25) is 6.55 Å². The van der Waals surface area contributed by atoms with Crippen molar-refractivity contribution >= 4 is 14.7 Å². The summed E-state index contributed by atoms with van der Waals surface area (Å²) in [5.41, 5.74) is 1.40. The van der Waals surface area contributed by atoms with Gasteiger partial charge in [-0.1, -0.05) is 42.1 Å². The molecule has 58 valence electrons. The summed E-state index contributed by atoms with van der Waals surface area (Å²) in [7, 11) is 0.0186. The van der Waals surface area contributed by atoms with Crippen LogP contribution in [-0.4, -0.2) is 9.52 Å². The molecule has 1 aromatic rings. The Kier molecular flexibility index (Phi) is 3.11. The van der Waals surface area contributed by atoms with Crippen molar-refractivity contribution in [2.75, 3.05) is 0 Å². The predicted molar refractivity (Wildman–Crippen MR) is 54.4 cm³/mol. The van der Waals surface area contributed by atoms with Crippen LogP contribution in [0.5, 0.6) is 0 Å². The molecule has 0 aliphatic heterocycles. The number of hydrogen-bond acceptors (Lipinski definition) is 0. The smallest absolute Gasteiger partial charge is 0.0517 e. The van der Waals surface area contributed by atoms with Gasteiger partial charge in [-0.25, -0.2) is 0 Å². The fraction of sp³-hybridized carbons (Fsp3) is 0.200. The van der Waals surface area contributed by atoms with Gasteiger partial charge in [0.25, 0.3) is 0 Å². The molecule has 0 saturated carbocycles. The third-order valence-corrected chi connectivity index (χ3v) is 3.04. The molecule has 0 nitrogen and oxygen atoms in total. The molecule has 0 aliphatic rings. The molecule has 11 heavy (non-hydrogen) atoms. The summed E-state index contributed by atoms with van der Waals surface area (Å²) >= 11 is 0. The maximum atomic E-state index is 3.72. The number of rotatable bonds is 3. The average Bonchev–Trinajstić information content (AvgIpc) is 2.06. The van der Waals surface area contributed by atoms with E-state index in [2.05, 4.69) is 37.4 Å². The van der Waals surface area contributed by atoms with Crippen LogP contribution in [0.15, 0.2) is 36.9 Å². The molecule has 0 bridgehead atoms. The lowest BCUT2D eigenvalue weighted by atomic mass is 10.1. The van der Waals surface area contributed by atoms with E-state index in [9.17, 15) is 0 Å². The topological polar surface area (TPSA) is 0 Å². The first-order valence-electron chi connectivity index (χ1n) is 4.05. The van der Waals surface area contributed by atoms with Gasteiger partial charge in [-0.15, -0.1) is 6.58 Å². The summed E-state index contributed by atoms with van der Waals surface area (Å²) in [5, 5.41) is 1.55. The van der Waals surface area contributed by atoms with Gasteiger partial charge in [0.1, 0.15) is 0 Å². The van der Waals surface area contributed by atoms with Gasteiger partial charge in [-0.3, -0.25) is 0 Å². The van der Waals surface area contributed by atoms with Gasteiger partial charge >= 0.3 is 0 Å². The Hall–Kier alpha value is -0.823. The first-order chi connectivity index (χ1) is 5.36. The average molecular weight is 162 g/mol. The van der Waals surface area contributed by atoms with Crippen LogP contribution < -0.4 is 5.19 Å². The molecule has 0 N–H and O–H groups in total. The van der Waals surface area contributed by atoms with Crippen molar-refractivity contribution in [2.45, 2.75) is 13.0 Å². The van der Waals surface area contributed by atoms with Crippen LogP contribution in [0.3, 0.4) is 0 Å². The Morgan fingerprint density at radius 1 is 1.55 bits per heavy atom. The lowest BCUT2D eigenvalue weighted by molar-refractivity contribution is 1.28. The van der Waals surface area contributed by atoms with Crippen LogP contribution >= 0.6 is 0 Å². The number of benzene rings is 1. The molecular weight excluding hydrogens is 148 g/mol. The van der Waals surface area contributed by atoms with Gasteiger partial charge in [0, 0.05) is 0 Å². The van der Waals surface area contributed by atoms with E-state index in [0.29, 0.717) is 0 Å². The molecule has 0 heterocycles.